The zero-order valence-corrected chi connectivity index (χ0v) is 28.0. The molecule has 5 heterocycles. The number of β-lactam (4-membered cyclic amide) rings is 1. The fourth-order valence-electron chi connectivity index (χ4n) is 5.33. The van der Waals surface area contributed by atoms with Gasteiger partial charge in [0.2, 0.25) is 11.6 Å². The molecule has 17 nitrogen and oxygen atoms in total. The lowest BCUT2D eigenvalue weighted by Gasteiger charge is -2.49. The third kappa shape index (κ3) is 6.90. The molecule has 2 aliphatic heterocycles. The van der Waals surface area contributed by atoms with E-state index >= 15 is 0 Å². The number of nitrogen functional groups attached to an aromatic ring is 2. The quantitative estimate of drug-likeness (QED) is 0.0563. The normalized spacial score (nSPS) is 19.1. The molecule has 256 valence electrons. The molecule has 3 aromatic rings. The van der Waals surface area contributed by atoms with Gasteiger partial charge in [-0.1, -0.05) is 28.1 Å². The van der Waals surface area contributed by atoms with E-state index in [9.17, 15) is 24.3 Å². The molecule has 2 aliphatic rings. The maximum absolute atomic E-state index is 13.4. The molecule has 9 N–H and O–H groups in total. The molecule has 0 spiro atoms. The summed E-state index contributed by atoms with van der Waals surface area (Å²) in [7, 11) is 1.59. The number of oxime groups is 1. The van der Waals surface area contributed by atoms with Crippen LogP contribution in [0, 0.1) is 0 Å². The monoisotopic (exact) mass is 722 g/mol. The summed E-state index contributed by atoms with van der Waals surface area (Å²) in [5.74, 6) is -3.49. The van der Waals surface area contributed by atoms with Crippen LogP contribution in [0.15, 0.2) is 40.8 Å². The van der Waals surface area contributed by atoms with Gasteiger partial charge in [-0.3, -0.25) is 14.5 Å². The van der Waals surface area contributed by atoms with Crippen molar-refractivity contribution in [1.82, 2.24) is 19.8 Å². The van der Waals surface area contributed by atoms with Crippen LogP contribution in [0.2, 0.25) is 4.34 Å². The van der Waals surface area contributed by atoms with Crippen molar-refractivity contribution in [3.05, 3.63) is 45.7 Å². The van der Waals surface area contributed by atoms with Crippen molar-refractivity contribution in [2.75, 3.05) is 30.9 Å². The second-order valence-corrected chi connectivity index (χ2v) is 13.7. The molecule has 2 unspecified atom stereocenters. The van der Waals surface area contributed by atoms with E-state index in [0.29, 0.717) is 31.0 Å². The Morgan fingerprint density at radius 2 is 2.06 bits per heavy atom. The molecular formula is C28H33ClN9O8S2+. The lowest BCUT2D eigenvalue weighted by atomic mass is 10.0. The Hall–Kier alpha value is -4.43. The largest absolute Gasteiger partial charge is 0.478 e. The number of halogens is 1. The van der Waals surface area contributed by atoms with Crippen molar-refractivity contribution >= 4 is 86.1 Å². The van der Waals surface area contributed by atoms with Gasteiger partial charge in [0.05, 0.1) is 12.7 Å². The molecular weight excluding hydrogens is 690 g/mol. The first-order chi connectivity index (χ1) is 22.8. The average Bonchev–Trinajstić information content (AvgIpc) is 3.55. The Morgan fingerprint density at radius 1 is 1.31 bits per heavy atom. The van der Waals surface area contributed by atoms with Gasteiger partial charge in [0.1, 0.15) is 38.5 Å². The van der Waals surface area contributed by atoms with Crippen LogP contribution in [0.25, 0.3) is 11.0 Å². The number of fused-ring (bicyclic) bond motifs is 2. The number of aromatic nitrogens is 3. The summed E-state index contributed by atoms with van der Waals surface area (Å²) in [4.78, 5) is 60.6. The van der Waals surface area contributed by atoms with E-state index in [-0.39, 0.29) is 39.2 Å². The van der Waals surface area contributed by atoms with Crippen LogP contribution in [0.1, 0.15) is 19.0 Å². The van der Waals surface area contributed by atoms with Crippen LogP contribution in [0.4, 0.5) is 10.9 Å². The van der Waals surface area contributed by atoms with Crippen LogP contribution >= 0.6 is 34.7 Å². The van der Waals surface area contributed by atoms with Crippen molar-refractivity contribution in [2.24, 2.45) is 10.9 Å². The minimum absolute atomic E-state index is 0.0124. The van der Waals surface area contributed by atoms with E-state index in [1.165, 1.54) is 18.7 Å². The van der Waals surface area contributed by atoms with E-state index in [0.717, 1.165) is 27.3 Å². The second kappa shape index (κ2) is 14.4. The van der Waals surface area contributed by atoms with E-state index in [4.69, 9.17) is 43.5 Å². The number of aryl methyl sites for hydroxylation is 1. The zero-order valence-electron chi connectivity index (χ0n) is 25.7. The minimum atomic E-state index is -1.42. The fraction of sp³-hybridized carbons (Fsp3) is 0.393. The first-order valence-corrected chi connectivity index (χ1v) is 16.7. The number of amides is 2. The number of carboxylic acid groups (broad SMARTS) is 2. The highest BCUT2D eigenvalue weighted by Gasteiger charge is 2.55. The summed E-state index contributed by atoms with van der Waals surface area (Å²) in [5, 5.41) is 24.9. The number of hydrogen-bond donors (Lipinski definition) is 6. The number of carboxylic acids is 2. The predicted molar refractivity (Wildman–Crippen MR) is 177 cm³/mol. The van der Waals surface area contributed by atoms with Crippen molar-refractivity contribution in [3.8, 4) is 0 Å². The number of hydrogen-bond acceptors (Lipinski definition) is 13. The molecule has 5 rings (SSSR count). The van der Waals surface area contributed by atoms with Crippen LogP contribution < -0.4 is 27.1 Å². The van der Waals surface area contributed by atoms with Gasteiger partial charge in [0, 0.05) is 37.1 Å². The number of nitrogens with one attached hydrogen (secondary N) is 1. The zero-order chi connectivity index (χ0) is 34.9. The number of rotatable bonds is 14. The molecule has 48 heavy (non-hydrogen) atoms. The average molecular weight is 723 g/mol. The van der Waals surface area contributed by atoms with Gasteiger partial charge in [-0.05, 0) is 19.4 Å². The molecule has 0 bridgehead atoms. The maximum Gasteiger partial charge on any atom is 0.352 e. The molecule has 0 radical (unpaired) electrons. The van der Waals surface area contributed by atoms with Gasteiger partial charge in [-0.25, -0.2) is 14.6 Å². The van der Waals surface area contributed by atoms with E-state index in [1.807, 2.05) is 21.3 Å². The summed E-state index contributed by atoms with van der Waals surface area (Å²) < 4.78 is 8.91. The third-order valence-corrected chi connectivity index (χ3v) is 10.1. The molecule has 3 aromatic heterocycles. The smallest absolute Gasteiger partial charge is 0.352 e. The summed E-state index contributed by atoms with van der Waals surface area (Å²) in [6, 6.07) is 4.24. The standard InChI is InChI=1S/C28H32ClN9O8S2/c1-12(26(41)42)46-35-19(18-22(29)48-28(32)34-18)23(39)33-20-24(40)38-21(27(43)44)13(11-47-25(20)38)9-36-6-3-4-15-16(36)8-17(31)37(15)7-5-14(30)10-45-2/h3-4,6,8,12,14,20,25,31H,5,7,9-11,30H2,1-2H3,(H5,32,33,34,39,41,42,43,44)/p+1/t12-,14-,20?,25?/m0/s1. The first kappa shape index (κ1) is 34.9. The Bertz CT molecular complexity index is 1840. The molecule has 1 fully saturated rings. The Kier molecular flexibility index (Phi) is 10.4. The number of thioether (sulfide) groups is 1. The third-order valence-electron chi connectivity index (χ3n) is 7.67. The van der Waals surface area contributed by atoms with Crippen LogP contribution in [-0.4, -0.2) is 97.2 Å². The number of carbonyl (C=O) groups excluding carboxylic acids is 2. The number of thiazole rings is 1. The molecule has 0 aromatic carbocycles. The Morgan fingerprint density at radius 3 is 2.71 bits per heavy atom. The Balaban J connectivity index is 1.37. The maximum atomic E-state index is 13.4. The van der Waals surface area contributed by atoms with Crippen molar-refractivity contribution in [1.29, 1.82) is 0 Å². The molecule has 2 amide bonds. The van der Waals surface area contributed by atoms with Crippen LogP contribution in [0.3, 0.4) is 0 Å². The minimum Gasteiger partial charge on any atom is -0.478 e. The fourth-order valence-corrected chi connectivity index (χ4v) is 7.59. The highest BCUT2D eigenvalue weighted by Crippen LogP contribution is 2.40. The van der Waals surface area contributed by atoms with Gasteiger partial charge < -0.3 is 46.9 Å². The number of aliphatic carboxylic acids is 2. The topological polar surface area (TPSA) is 255 Å². The molecule has 4 atom stereocenters. The van der Waals surface area contributed by atoms with Gasteiger partial charge in [-0.15, -0.1) is 11.8 Å². The van der Waals surface area contributed by atoms with E-state index < -0.39 is 47.0 Å². The van der Waals surface area contributed by atoms with Gasteiger partial charge in [-0.2, -0.15) is 4.57 Å². The highest BCUT2D eigenvalue weighted by atomic mass is 35.5. The molecule has 0 saturated carbocycles. The molecule has 20 heteroatoms. The SMILES string of the molecule is COC[C@@H](N)CCn1c(N)cc2c1ccc[n+]2CC1=C(C(=O)O)N2C(=O)C(NC(=O)C(=NO[C@@H](C)C(=O)O)c3nc(N)sc3Cl)C2SC1. The summed E-state index contributed by atoms with van der Waals surface area (Å²) in [6.45, 7) is 2.32. The van der Waals surface area contributed by atoms with Crippen LogP contribution in [-0.2, 0) is 41.8 Å². The van der Waals surface area contributed by atoms with Crippen molar-refractivity contribution in [2.45, 2.75) is 50.0 Å². The lowest BCUT2D eigenvalue weighted by Crippen LogP contribution is -2.71. The number of pyridine rings is 1. The first-order valence-electron chi connectivity index (χ1n) is 14.4. The second-order valence-electron chi connectivity index (χ2n) is 10.9. The molecule has 0 aliphatic carbocycles. The van der Waals surface area contributed by atoms with Crippen molar-refractivity contribution in [3.63, 3.8) is 0 Å². The summed E-state index contributed by atoms with van der Waals surface area (Å²) in [6.07, 6.45) is 1.01. The predicted octanol–water partition coefficient (Wildman–Crippen LogP) is 0.200. The van der Waals surface area contributed by atoms with Gasteiger partial charge in [0.25, 0.3) is 11.8 Å². The van der Waals surface area contributed by atoms with Crippen molar-refractivity contribution < 1.29 is 43.5 Å². The number of nitrogens with two attached hydrogens (primary N) is 3. The van der Waals surface area contributed by atoms with E-state index in [1.54, 1.807) is 19.4 Å². The Labute approximate surface area is 286 Å². The van der Waals surface area contributed by atoms with Gasteiger partial charge >= 0.3 is 11.9 Å². The highest BCUT2D eigenvalue weighted by molar-refractivity contribution is 8.00. The molecule has 1 saturated heterocycles. The summed E-state index contributed by atoms with van der Waals surface area (Å²) >= 11 is 8.31. The van der Waals surface area contributed by atoms with E-state index in [2.05, 4.69) is 15.5 Å². The lowest BCUT2D eigenvalue weighted by molar-refractivity contribution is -0.663. The number of carbonyl (C=O) groups is 4. The number of nitrogens with zero attached hydrogens (tertiary/aromatic N) is 5. The summed E-state index contributed by atoms with van der Waals surface area (Å²) in [5.41, 5.74) is 19.4. The number of anilines is 2. The van der Waals surface area contributed by atoms with Crippen LogP contribution in [0.5, 0.6) is 0 Å². The number of ether oxygens (including phenoxy) is 1. The number of methoxy groups -OCH3 is 1. The van der Waals surface area contributed by atoms with Gasteiger partial charge in [0.15, 0.2) is 23.6 Å².